The molecular formula is C21H15INO2+. The molecule has 0 N–H and O–H groups in total. The van der Waals surface area contributed by atoms with Crippen molar-refractivity contribution in [3.8, 4) is 5.75 Å². The third kappa shape index (κ3) is 2.76. The van der Waals surface area contributed by atoms with Gasteiger partial charge < -0.3 is 4.74 Å². The molecule has 0 spiro atoms. The lowest BCUT2D eigenvalue weighted by molar-refractivity contribution is -0.617. The minimum absolute atomic E-state index is 0.336. The molecule has 0 amide bonds. The summed E-state index contributed by atoms with van der Waals surface area (Å²) >= 11 is 2.17. The minimum atomic E-state index is -0.336. The van der Waals surface area contributed by atoms with Crippen molar-refractivity contribution < 1.29 is 14.1 Å². The highest BCUT2D eigenvalue weighted by molar-refractivity contribution is 14.1. The summed E-state index contributed by atoms with van der Waals surface area (Å²) in [5.74, 6) is 0.242. The summed E-state index contributed by atoms with van der Waals surface area (Å²) in [6, 6.07) is 23.3. The Hall–Kier alpha value is -2.47. The monoisotopic (exact) mass is 440 g/mol. The molecule has 122 valence electrons. The van der Waals surface area contributed by atoms with Crippen LogP contribution in [0.1, 0.15) is 10.4 Å². The van der Waals surface area contributed by atoms with E-state index in [-0.39, 0.29) is 5.97 Å². The highest BCUT2D eigenvalue weighted by Gasteiger charge is 2.23. The number of fused-ring (bicyclic) bond motifs is 2. The second kappa shape index (κ2) is 6.44. The number of nitrogens with zero attached hydrogens (tertiary/aromatic N) is 1. The van der Waals surface area contributed by atoms with E-state index in [1.54, 1.807) is 0 Å². The Morgan fingerprint density at radius 1 is 0.840 bits per heavy atom. The first-order valence-corrected chi connectivity index (χ1v) is 9.01. The second-order valence-corrected chi connectivity index (χ2v) is 6.95. The number of para-hydroxylation sites is 3. The van der Waals surface area contributed by atoms with E-state index in [4.69, 9.17) is 4.74 Å². The molecule has 1 heterocycles. The van der Waals surface area contributed by atoms with E-state index in [2.05, 4.69) is 27.2 Å². The fraction of sp³-hybridized carbons (Fsp3) is 0.0476. The molecule has 3 aromatic carbocycles. The summed E-state index contributed by atoms with van der Waals surface area (Å²) in [6.07, 6.45) is 0. The van der Waals surface area contributed by atoms with Gasteiger partial charge in [0.05, 0.1) is 19.9 Å². The van der Waals surface area contributed by atoms with E-state index in [1.165, 1.54) is 0 Å². The van der Waals surface area contributed by atoms with Crippen molar-refractivity contribution in [2.24, 2.45) is 7.05 Å². The summed E-state index contributed by atoms with van der Waals surface area (Å²) < 4.78 is 8.74. The largest absolute Gasteiger partial charge is 0.422 e. The lowest BCUT2D eigenvalue weighted by Crippen LogP contribution is -2.31. The van der Waals surface area contributed by atoms with Crippen LogP contribution in [0, 0.1) is 3.57 Å². The van der Waals surface area contributed by atoms with Crippen LogP contribution in [0.15, 0.2) is 72.8 Å². The molecule has 0 saturated carbocycles. The second-order valence-electron chi connectivity index (χ2n) is 5.79. The van der Waals surface area contributed by atoms with E-state index < -0.39 is 0 Å². The molecule has 25 heavy (non-hydrogen) atoms. The molecule has 0 saturated heterocycles. The highest BCUT2D eigenvalue weighted by Crippen LogP contribution is 2.27. The molecule has 0 aliphatic rings. The maximum Gasteiger partial charge on any atom is 0.345 e. The van der Waals surface area contributed by atoms with Crippen molar-refractivity contribution in [2.45, 2.75) is 0 Å². The number of hydrogen-bond acceptors (Lipinski definition) is 2. The van der Waals surface area contributed by atoms with Crippen LogP contribution in [-0.4, -0.2) is 5.97 Å². The van der Waals surface area contributed by atoms with Crippen LogP contribution in [0.4, 0.5) is 0 Å². The van der Waals surface area contributed by atoms with Crippen LogP contribution < -0.4 is 9.30 Å². The van der Waals surface area contributed by atoms with Crippen molar-refractivity contribution in [1.82, 2.24) is 0 Å². The van der Waals surface area contributed by atoms with Crippen molar-refractivity contribution in [3.63, 3.8) is 0 Å². The zero-order valence-electron chi connectivity index (χ0n) is 13.6. The average molecular weight is 440 g/mol. The molecule has 4 aromatic rings. The van der Waals surface area contributed by atoms with Gasteiger partial charge in [-0.2, -0.15) is 4.57 Å². The molecule has 1 aromatic heterocycles. The topological polar surface area (TPSA) is 30.2 Å². The van der Waals surface area contributed by atoms with Gasteiger partial charge in [0, 0.05) is 12.1 Å². The van der Waals surface area contributed by atoms with Gasteiger partial charge in [-0.25, -0.2) is 4.79 Å². The van der Waals surface area contributed by atoms with E-state index in [0.29, 0.717) is 11.3 Å². The fourth-order valence-electron chi connectivity index (χ4n) is 3.13. The number of benzene rings is 3. The van der Waals surface area contributed by atoms with Crippen LogP contribution in [0.25, 0.3) is 21.8 Å². The van der Waals surface area contributed by atoms with Crippen molar-refractivity contribution in [3.05, 3.63) is 81.9 Å². The summed E-state index contributed by atoms with van der Waals surface area (Å²) in [5.41, 5.74) is 2.59. The molecular weight excluding hydrogens is 425 g/mol. The number of ether oxygens (including phenoxy) is 1. The van der Waals surface area contributed by atoms with Crippen LogP contribution >= 0.6 is 22.6 Å². The summed E-state index contributed by atoms with van der Waals surface area (Å²) in [5, 5.41) is 1.78. The Bertz CT molecular complexity index is 1060. The average Bonchev–Trinajstić information content (AvgIpc) is 2.64. The Kier molecular flexibility index (Phi) is 4.13. The number of aryl methyl sites for hydroxylation is 1. The zero-order valence-corrected chi connectivity index (χ0v) is 15.7. The zero-order chi connectivity index (χ0) is 17.4. The SMILES string of the molecule is C[n+]1c2ccccc2c(C(=O)Oc2ccccc2I)c2ccccc21. The van der Waals surface area contributed by atoms with Crippen molar-refractivity contribution in [2.75, 3.05) is 0 Å². The van der Waals surface area contributed by atoms with Gasteiger partial charge in [0.25, 0.3) is 0 Å². The molecule has 3 nitrogen and oxygen atoms in total. The van der Waals surface area contributed by atoms with Crippen molar-refractivity contribution >= 4 is 50.4 Å². The number of carbonyl (C=O) groups is 1. The molecule has 0 aliphatic heterocycles. The highest BCUT2D eigenvalue weighted by atomic mass is 127. The third-order valence-corrected chi connectivity index (χ3v) is 5.20. The first kappa shape index (κ1) is 16.0. The number of hydrogen-bond donors (Lipinski definition) is 0. The van der Waals surface area contributed by atoms with Gasteiger partial charge in [-0.3, -0.25) is 0 Å². The number of aromatic nitrogens is 1. The van der Waals surface area contributed by atoms with Gasteiger partial charge >= 0.3 is 5.97 Å². The van der Waals surface area contributed by atoms with Crippen molar-refractivity contribution in [1.29, 1.82) is 0 Å². The smallest absolute Gasteiger partial charge is 0.345 e. The normalized spacial score (nSPS) is 11.0. The number of pyridine rings is 1. The summed E-state index contributed by atoms with van der Waals surface area (Å²) in [6.45, 7) is 0. The van der Waals surface area contributed by atoms with Crippen LogP contribution in [0.3, 0.4) is 0 Å². The fourth-order valence-corrected chi connectivity index (χ4v) is 3.63. The Labute approximate surface area is 159 Å². The van der Waals surface area contributed by atoms with E-state index >= 15 is 0 Å². The quantitative estimate of drug-likeness (QED) is 0.150. The Balaban J connectivity index is 1.97. The number of halogens is 1. The third-order valence-electron chi connectivity index (χ3n) is 4.31. The lowest BCUT2D eigenvalue weighted by atomic mass is 10.0. The standard InChI is InChI=1S/C21H15INO2/c1-23-17-11-5-2-8-14(17)20(15-9-3-6-12-18(15)23)21(24)25-19-13-7-4-10-16(19)22/h2-13H,1H3/q+1. The van der Waals surface area contributed by atoms with Gasteiger partial charge in [0.2, 0.25) is 11.0 Å². The summed E-state index contributed by atoms with van der Waals surface area (Å²) in [7, 11) is 2.01. The van der Waals surface area contributed by atoms with E-state index in [0.717, 1.165) is 25.4 Å². The number of carbonyl (C=O) groups excluding carboxylic acids is 1. The van der Waals surface area contributed by atoms with Crippen LogP contribution in [0.2, 0.25) is 0 Å². The van der Waals surface area contributed by atoms with Crippen LogP contribution in [-0.2, 0) is 7.05 Å². The Morgan fingerprint density at radius 3 is 1.96 bits per heavy atom. The first-order valence-electron chi connectivity index (χ1n) is 7.93. The molecule has 0 aliphatic carbocycles. The number of rotatable bonds is 2. The minimum Gasteiger partial charge on any atom is -0.422 e. The van der Waals surface area contributed by atoms with E-state index in [9.17, 15) is 4.79 Å². The lowest BCUT2D eigenvalue weighted by Gasteiger charge is -2.10. The van der Waals surface area contributed by atoms with Gasteiger partial charge in [-0.15, -0.1) is 0 Å². The van der Waals surface area contributed by atoms with Gasteiger partial charge in [0.1, 0.15) is 12.8 Å². The van der Waals surface area contributed by atoms with E-state index in [1.807, 2.05) is 79.8 Å². The van der Waals surface area contributed by atoms with Gasteiger partial charge in [-0.05, 0) is 46.9 Å². The molecule has 0 unspecified atom stereocenters. The molecule has 0 radical (unpaired) electrons. The first-order chi connectivity index (χ1) is 12.2. The predicted molar refractivity (Wildman–Crippen MR) is 107 cm³/mol. The molecule has 0 fully saturated rings. The maximum atomic E-state index is 13.1. The maximum absolute atomic E-state index is 13.1. The van der Waals surface area contributed by atoms with Crippen LogP contribution in [0.5, 0.6) is 5.75 Å². The summed E-state index contributed by atoms with van der Waals surface area (Å²) in [4.78, 5) is 13.1. The Morgan fingerprint density at radius 2 is 1.36 bits per heavy atom. The molecule has 0 bridgehead atoms. The number of esters is 1. The van der Waals surface area contributed by atoms with Gasteiger partial charge in [0.15, 0.2) is 0 Å². The molecule has 4 rings (SSSR count). The molecule has 4 heteroatoms. The predicted octanol–water partition coefficient (Wildman–Crippen LogP) is 4.64. The molecule has 0 atom stereocenters. The van der Waals surface area contributed by atoms with Gasteiger partial charge in [-0.1, -0.05) is 36.4 Å².